The van der Waals surface area contributed by atoms with Gasteiger partial charge in [-0.2, -0.15) is 0 Å². The fourth-order valence-corrected chi connectivity index (χ4v) is 4.93. The van der Waals surface area contributed by atoms with E-state index in [4.69, 9.17) is 9.57 Å². The average Bonchev–Trinajstić information content (AvgIpc) is 3.28. The van der Waals surface area contributed by atoms with Gasteiger partial charge in [0.15, 0.2) is 6.10 Å². The van der Waals surface area contributed by atoms with Crippen LogP contribution >= 0.6 is 0 Å². The number of aryl methyl sites for hydroxylation is 1. The van der Waals surface area contributed by atoms with Crippen LogP contribution in [-0.2, 0) is 22.6 Å². The summed E-state index contributed by atoms with van der Waals surface area (Å²) >= 11 is 0. The van der Waals surface area contributed by atoms with E-state index in [0.29, 0.717) is 31.7 Å². The molecule has 4 aromatic carbocycles. The molecule has 1 N–H and O–H groups in total. The predicted molar refractivity (Wildman–Crippen MR) is 156 cm³/mol. The summed E-state index contributed by atoms with van der Waals surface area (Å²) in [6.45, 7) is 4.83. The fourth-order valence-electron chi connectivity index (χ4n) is 4.93. The Balaban J connectivity index is 1.34. The number of hydrogen-bond acceptors (Lipinski definition) is 4. The highest BCUT2D eigenvalue weighted by atomic mass is 16.6. The second-order valence-corrected chi connectivity index (χ2v) is 9.55. The molecule has 0 aliphatic heterocycles. The molecule has 0 saturated heterocycles. The molecule has 1 atom stereocenters. The van der Waals surface area contributed by atoms with Crippen molar-refractivity contribution in [3.8, 4) is 5.75 Å². The summed E-state index contributed by atoms with van der Waals surface area (Å²) in [5.41, 5.74) is 6.09. The lowest BCUT2D eigenvalue weighted by Crippen LogP contribution is -2.26. The second kappa shape index (κ2) is 11.9. The van der Waals surface area contributed by atoms with Crippen LogP contribution in [0.15, 0.2) is 102 Å². The third-order valence-corrected chi connectivity index (χ3v) is 6.89. The minimum Gasteiger partial charge on any atom is -0.479 e. The van der Waals surface area contributed by atoms with Crippen molar-refractivity contribution < 1.29 is 19.5 Å². The van der Waals surface area contributed by atoms with Crippen molar-refractivity contribution in [3.63, 3.8) is 0 Å². The molecule has 198 valence electrons. The van der Waals surface area contributed by atoms with Gasteiger partial charge in [0.2, 0.25) is 0 Å². The van der Waals surface area contributed by atoms with E-state index in [0.717, 1.165) is 22.4 Å². The lowest BCUT2D eigenvalue weighted by atomic mass is 10.0. The van der Waals surface area contributed by atoms with Gasteiger partial charge < -0.3 is 19.2 Å². The molecule has 0 saturated carbocycles. The van der Waals surface area contributed by atoms with Crippen molar-refractivity contribution in [3.05, 3.63) is 114 Å². The Kier molecular flexibility index (Phi) is 7.92. The maximum absolute atomic E-state index is 11.4. The molecule has 0 bridgehead atoms. The Morgan fingerprint density at radius 1 is 0.897 bits per heavy atom. The fraction of sp³-hybridized carbons (Fsp3) is 0.212. The van der Waals surface area contributed by atoms with E-state index in [9.17, 15) is 9.90 Å². The first-order valence-corrected chi connectivity index (χ1v) is 13.2. The largest absolute Gasteiger partial charge is 0.479 e. The molecule has 0 spiro atoms. The number of carboxylic acids is 1. The number of aliphatic carboxylic acids is 1. The maximum Gasteiger partial charge on any atom is 0.344 e. The molecule has 1 unspecified atom stereocenters. The van der Waals surface area contributed by atoms with Crippen LogP contribution < -0.4 is 4.74 Å². The van der Waals surface area contributed by atoms with Crippen LogP contribution in [0, 0.1) is 6.92 Å². The first kappa shape index (κ1) is 26.0. The molecule has 6 heteroatoms. The van der Waals surface area contributed by atoms with Gasteiger partial charge in [0.1, 0.15) is 12.4 Å². The molecule has 0 radical (unpaired) electrons. The van der Waals surface area contributed by atoms with Crippen molar-refractivity contribution in [1.82, 2.24) is 4.57 Å². The summed E-state index contributed by atoms with van der Waals surface area (Å²) in [5, 5.41) is 16.4. The van der Waals surface area contributed by atoms with Crippen LogP contribution in [0.4, 0.5) is 0 Å². The molecule has 1 heterocycles. The minimum atomic E-state index is -0.961. The Morgan fingerprint density at radius 2 is 1.54 bits per heavy atom. The molecule has 6 nitrogen and oxygen atoms in total. The molecular weight excluding hydrogens is 488 g/mol. The van der Waals surface area contributed by atoms with Gasteiger partial charge in [0.05, 0.1) is 12.3 Å². The summed E-state index contributed by atoms with van der Waals surface area (Å²) in [7, 11) is 0. The minimum absolute atomic E-state index is 0.396. The van der Waals surface area contributed by atoms with E-state index in [-0.39, 0.29) is 0 Å². The van der Waals surface area contributed by atoms with E-state index in [1.807, 2.05) is 55.5 Å². The summed E-state index contributed by atoms with van der Waals surface area (Å²) in [6.07, 6.45) is 0.100. The zero-order valence-electron chi connectivity index (χ0n) is 22.2. The number of nitrogens with zero attached hydrogens (tertiary/aromatic N) is 2. The summed E-state index contributed by atoms with van der Waals surface area (Å²) in [6, 6.07) is 32.7. The van der Waals surface area contributed by atoms with Crippen molar-refractivity contribution in [2.45, 2.75) is 39.3 Å². The van der Waals surface area contributed by atoms with Crippen LogP contribution in [0.2, 0.25) is 0 Å². The third-order valence-electron chi connectivity index (χ3n) is 6.89. The van der Waals surface area contributed by atoms with Gasteiger partial charge >= 0.3 is 5.97 Å². The van der Waals surface area contributed by atoms with Gasteiger partial charge in [-0.1, -0.05) is 90.9 Å². The Hall–Kier alpha value is -4.58. The number of carbonyl (C=O) groups is 1. The first-order chi connectivity index (χ1) is 19.0. The van der Waals surface area contributed by atoms with Gasteiger partial charge in [0.25, 0.3) is 0 Å². The molecular formula is C33H32N2O4. The quantitative estimate of drug-likeness (QED) is 0.116. The highest BCUT2D eigenvalue weighted by Crippen LogP contribution is 2.28. The van der Waals surface area contributed by atoms with Crippen molar-refractivity contribution in [2.75, 3.05) is 6.61 Å². The van der Waals surface area contributed by atoms with Crippen LogP contribution in [-0.4, -0.2) is 34.1 Å². The zero-order chi connectivity index (χ0) is 27.2. The van der Waals surface area contributed by atoms with E-state index >= 15 is 0 Å². The second-order valence-electron chi connectivity index (χ2n) is 9.55. The van der Waals surface area contributed by atoms with E-state index in [1.54, 1.807) is 6.92 Å². The lowest BCUT2D eigenvalue weighted by Gasteiger charge is -2.16. The highest BCUT2D eigenvalue weighted by molar-refractivity contribution is 6.08. The van der Waals surface area contributed by atoms with Gasteiger partial charge in [-0.25, -0.2) is 4.79 Å². The first-order valence-electron chi connectivity index (χ1n) is 13.2. The Labute approximate surface area is 228 Å². The van der Waals surface area contributed by atoms with Crippen molar-refractivity contribution >= 4 is 33.5 Å². The number of ether oxygens (including phenoxy) is 1. The Bertz CT molecular complexity index is 1570. The standard InChI is InChI=1S/C33H32N2O4/c1-3-31(33(36)37)39-32-18-17-24(21-23(32)2)22-28(25-11-5-4-6-12-25)34-38-20-19-35-29-15-9-7-13-26(29)27-14-8-10-16-30(27)35/h4-18,21,31H,3,19-20,22H2,1-2H3,(H,36,37). The number of hydrogen-bond donors (Lipinski definition) is 1. The van der Waals surface area contributed by atoms with Gasteiger partial charge in [-0.3, -0.25) is 0 Å². The zero-order valence-corrected chi connectivity index (χ0v) is 22.2. The number of carboxylic acid groups (broad SMARTS) is 1. The topological polar surface area (TPSA) is 73.0 Å². The van der Waals surface area contributed by atoms with Crippen LogP contribution in [0.3, 0.4) is 0 Å². The number of oxime groups is 1. The average molecular weight is 521 g/mol. The predicted octanol–water partition coefficient (Wildman–Crippen LogP) is 7.01. The normalized spacial score (nSPS) is 12.5. The SMILES string of the molecule is CCC(Oc1ccc(CC(=NOCCn2c3ccccc3c3ccccc32)c2ccccc2)cc1C)C(=O)O. The van der Waals surface area contributed by atoms with Crippen molar-refractivity contribution in [1.29, 1.82) is 0 Å². The smallest absolute Gasteiger partial charge is 0.344 e. The van der Waals surface area contributed by atoms with E-state index in [2.05, 4.69) is 58.3 Å². The summed E-state index contributed by atoms with van der Waals surface area (Å²) in [4.78, 5) is 17.3. The maximum atomic E-state index is 11.4. The molecule has 39 heavy (non-hydrogen) atoms. The van der Waals surface area contributed by atoms with Crippen molar-refractivity contribution in [2.24, 2.45) is 5.16 Å². The number of fused-ring (bicyclic) bond motifs is 3. The number of benzene rings is 4. The number of aromatic nitrogens is 1. The number of para-hydroxylation sites is 2. The molecule has 0 aliphatic carbocycles. The molecule has 5 aromatic rings. The van der Waals surface area contributed by atoms with E-state index in [1.165, 1.54) is 21.8 Å². The van der Waals surface area contributed by atoms with Crippen LogP contribution in [0.5, 0.6) is 5.75 Å². The van der Waals surface area contributed by atoms with Gasteiger partial charge in [-0.15, -0.1) is 0 Å². The molecule has 0 aliphatic rings. The summed E-state index contributed by atoms with van der Waals surface area (Å²) in [5.74, 6) is -0.383. The van der Waals surface area contributed by atoms with Gasteiger partial charge in [0, 0.05) is 28.2 Å². The third kappa shape index (κ3) is 5.80. The molecule has 5 rings (SSSR count). The Morgan fingerprint density at radius 3 is 2.15 bits per heavy atom. The highest BCUT2D eigenvalue weighted by Gasteiger charge is 2.18. The van der Waals surface area contributed by atoms with E-state index < -0.39 is 12.1 Å². The lowest BCUT2D eigenvalue weighted by molar-refractivity contribution is -0.145. The molecule has 0 amide bonds. The summed E-state index contributed by atoms with van der Waals surface area (Å²) < 4.78 is 8.00. The van der Waals surface area contributed by atoms with Crippen LogP contribution in [0.25, 0.3) is 21.8 Å². The van der Waals surface area contributed by atoms with Gasteiger partial charge in [-0.05, 0) is 48.2 Å². The molecule has 0 fully saturated rings. The monoisotopic (exact) mass is 520 g/mol. The molecule has 1 aromatic heterocycles. The van der Waals surface area contributed by atoms with Crippen LogP contribution in [0.1, 0.15) is 30.0 Å². The number of rotatable bonds is 11.